The summed E-state index contributed by atoms with van der Waals surface area (Å²) >= 11 is 0. The Hall–Kier alpha value is -3.30. The molecule has 1 heterocycles. The molecule has 0 fully saturated rings. The van der Waals surface area contributed by atoms with E-state index in [4.69, 9.17) is 9.15 Å². The third kappa shape index (κ3) is 6.64. The number of carbonyl (C=O) groups is 1. The van der Waals surface area contributed by atoms with Crippen LogP contribution >= 0.6 is 0 Å². The molecule has 0 aliphatic carbocycles. The fraction of sp³-hybridized carbons (Fsp3) is 0.346. The predicted octanol–water partition coefficient (Wildman–Crippen LogP) is 4.52. The largest absolute Gasteiger partial charge is 0.495 e. The first-order valence-electron chi connectivity index (χ1n) is 11.5. The zero-order valence-corrected chi connectivity index (χ0v) is 21.1. The first-order valence-corrected chi connectivity index (χ1v) is 13.3. The minimum atomic E-state index is -3.70. The number of furan rings is 1. The second kappa shape index (κ2) is 11.9. The van der Waals surface area contributed by atoms with Crippen LogP contribution in [0.4, 0.5) is 5.69 Å². The summed E-state index contributed by atoms with van der Waals surface area (Å²) in [6.45, 7) is 7.64. The van der Waals surface area contributed by atoms with Crippen LogP contribution in [-0.2, 0) is 21.3 Å². The zero-order chi connectivity index (χ0) is 25.4. The van der Waals surface area contributed by atoms with Crippen LogP contribution in [0, 0.1) is 0 Å². The Balaban J connectivity index is 1.85. The second-order valence-electron chi connectivity index (χ2n) is 8.14. The molecule has 0 bridgehead atoms. The van der Waals surface area contributed by atoms with Crippen LogP contribution in [0.1, 0.15) is 35.3 Å². The first kappa shape index (κ1) is 26.3. The minimum absolute atomic E-state index is 0.102. The number of para-hydroxylation sites is 1. The van der Waals surface area contributed by atoms with Crippen LogP contribution in [0.2, 0.25) is 0 Å². The van der Waals surface area contributed by atoms with E-state index in [2.05, 4.69) is 24.1 Å². The first-order chi connectivity index (χ1) is 16.8. The van der Waals surface area contributed by atoms with Gasteiger partial charge in [-0.3, -0.25) is 0 Å². The van der Waals surface area contributed by atoms with Gasteiger partial charge < -0.3 is 24.5 Å². The topological polar surface area (TPSA) is 109 Å². The maximum atomic E-state index is 13.2. The van der Waals surface area contributed by atoms with Crippen molar-refractivity contribution in [2.45, 2.75) is 25.4 Å². The molecule has 0 radical (unpaired) electrons. The second-order valence-corrected chi connectivity index (χ2v) is 10.2. The number of likely N-dealkylation sites (N-methyl/N-ethyl adjacent to an activating group) is 1. The van der Waals surface area contributed by atoms with E-state index in [1.165, 1.54) is 25.7 Å². The normalized spacial score (nSPS) is 11.5. The van der Waals surface area contributed by atoms with E-state index < -0.39 is 21.6 Å². The molecule has 35 heavy (non-hydrogen) atoms. The number of hydrogen-bond donors (Lipinski definition) is 2. The van der Waals surface area contributed by atoms with Gasteiger partial charge in [-0.25, -0.2) is 13.2 Å². The predicted molar refractivity (Wildman–Crippen MR) is 137 cm³/mol. The Morgan fingerprint density at radius 3 is 2.40 bits per heavy atom. The molecule has 0 atom stereocenters. The van der Waals surface area contributed by atoms with Gasteiger partial charge in [0.25, 0.3) is 0 Å². The van der Waals surface area contributed by atoms with Crippen molar-refractivity contribution in [3.8, 4) is 16.9 Å². The van der Waals surface area contributed by atoms with Gasteiger partial charge in [-0.05, 0) is 36.3 Å². The molecule has 2 N–H and O–H groups in total. The molecule has 3 rings (SSSR count). The van der Waals surface area contributed by atoms with Crippen molar-refractivity contribution in [3.63, 3.8) is 0 Å². The number of carboxylic acids is 1. The number of sulfone groups is 1. The van der Waals surface area contributed by atoms with Gasteiger partial charge in [0.1, 0.15) is 11.3 Å². The van der Waals surface area contributed by atoms with Crippen LogP contribution in [-0.4, -0.2) is 57.7 Å². The van der Waals surface area contributed by atoms with Crippen LogP contribution in [0.25, 0.3) is 11.1 Å². The van der Waals surface area contributed by atoms with Crippen molar-refractivity contribution < 1.29 is 27.5 Å². The standard InChI is InChI=1S/C26H32N2O6S/c1-4-28(5-2)14-13-27-23-9-7-6-8-20(23)17-35(31,32)18-21-10-11-22(19-12-15-34-16-19)25(33-3)24(21)26(29)30/h6-12,15-16,27H,4-5,13-14,17-18H2,1-3H3,(H,29,30). The Labute approximate surface area is 206 Å². The van der Waals surface area contributed by atoms with Gasteiger partial charge in [0.05, 0.1) is 31.1 Å². The lowest BCUT2D eigenvalue weighted by molar-refractivity contribution is 0.0692. The maximum Gasteiger partial charge on any atom is 0.339 e. The van der Waals surface area contributed by atoms with Crippen LogP contribution in [0.3, 0.4) is 0 Å². The fourth-order valence-corrected chi connectivity index (χ4v) is 5.61. The highest BCUT2D eigenvalue weighted by Gasteiger charge is 2.25. The molecule has 9 heteroatoms. The Kier molecular flexibility index (Phi) is 8.95. The lowest BCUT2D eigenvalue weighted by Gasteiger charge is -2.19. The molecule has 0 saturated heterocycles. The quantitative estimate of drug-likeness (QED) is 0.353. The van der Waals surface area contributed by atoms with Gasteiger partial charge in [-0.2, -0.15) is 0 Å². The third-order valence-corrected chi connectivity index (χ3v) is 7.40. The highest BCUT2D eigenvalue weighted by Crippen LogP contribution is 2.36. The number of anilines is 1. The SMILES string of the molecule is CCN(CC)CCNc1ccccc1CS(=O)(=O)Cc1ccc(-c2ccoc2)c(OC)c1C(=O)O. The highest BCUT2D eigenvalue weighted by atomic mass is 32.2. The molecule has 3 aromatic rings. The molecule has 0 aliphatic heterocycles. The Bertz CT molecular complexity index is 1230. The molecular weight excluding hydrogens is 468 g/mol. The maximum absolute atomic E-state index is 13.2. The molecule has 0 saturated carbocycles. The van der Waals surface area contributed by atoms with Gasteiger partial charge in [0.15, 0.2) is 9.84 Å². The van der Waals surface area contributed by atoms with Crippen molar-refractivity contribution in [1.82, 2.24) is 4.90 Å². The minimum Gasteiger partial charge on any atom is -0.495 e. The average Bonchev–Trinajstić information content (AvgIpc) is 3.36. The van der Waals surface area contributed by atoms with Gasteiger partial charge in [-0.15, -0.1) is 0 Å². The summed E-state index contributed by atoms with van der Waals surface area (Å²) in [5.41, 5.74) is 2.57. The molecule has 0 amide bonds. The molecular formula is C26H32N2O6S. The number of aromatic carboxylic acids is 1. The Morgan fingerprint density at radius 1 is 1.06 bits per heavy atom. The summed E-state index contributed by atoms with van der Waals surface area (Å²) in [5, 5.41) is 13.2. The van der Waals surface area contributed by atoms with Crippen molar-refractivity contribution in [3.05, 3.63) is 71.7 Å². The van der Waals surface area contributed by atoms with Crippen LogP contribution < -0.4 is 10.1 Å². The van der Waals surface area contributed by atoms with Crippen molar-refractivity contribution in [2.75, 3.05) is 38.6 Å². The average molecular weight is 501 g/mol. The number of rotatable bonds is 13. The van der Waals surface area contributed by atoms with E-state index in [9.17, 15) is 18.3 Å². The lowest BCUT2D eigenvalue weighted by atomic mass is 9.99. The van der Waals surface area contributed by atoms with Crippen molar-refractivity contribution >= 4 is 21.5 Å². The Morgan fingerprint density at radius 2 is 1.77 bits per heavy atom. The van der Waals surface area contributed by atoms with Gasteiger partial charge >= 0.3 is 5.97 Å². The number of nitrogens with zero attached hydrogens (tertiary/aromatic N) is 1. The van der Waals surface area contributed by atoms with Crippen LogP contribution in [0.15, 0.2) is 59.4 Å². The van der Waals surface area contributed by atoms with Crippen LogP contribution in [0.5, 0.6) is 5.75 Å². The number of hydrogen-bond acceptors (Lipinski definition) is 7. The van der Waals surface area contributed by atoms with E-state index >= 15 is 0 Å². The number of ether oxygens (including phenoxy) is 1. The van der Waals surface area contributed by atoms with E-state index in [0.717, 1.165) is 25.3 Å². The summed E-state index contributed by atoms with van der Waals surface area (Å²) in [6, 6.07) is 12.2. The molecule has 8 nitrogen and oxygen atoms in total. The van der Waals surface area contributed by atoms with Crippen molar-refractivity contribution in [2.24, 2.45) is 0 Å². The number of carboxylic acid groups (broad SMARTS) is 1. The number of benzene rings is 2. The number of nitrogens with one attached hydrogen (secondary N) is 1. The monoisotopic (exact) mass is 500 g/mol. The molecule has 1 aromatic heterocycles. The summed E-state index contributed by atoms with van der Waals surface area (Å²) < 4.78 is 36.9. The summed E-state index contributed by atoms with van der Waals surface area (Å²) in [5.74, 6) is -1.79. The van der Waals surface area contributed by atoms with E-state index in [1.54, 1.807) is 24.3 Å². The summed E-state index contributed by atoms with van der Waals surface area (Å²) in [7, 11) is -2.33. The molecule has 0 unspecified atom stereocenters. The molecule has 0 aliphatic rings. The smallest absolute Gasteiger partial charge is 0.339 e. The molecule has 0 spiro atoms. The lowest BCUT2D eigenvalue weighted by Crippen LogP contribution is -2.28. The van der Waals surface area contributed by atoms with Gasteiger partial charge in [0.2, 0.25) is 0 Å². The van der Waals surface area contributed by atoms with Gasteiger partial charge in [0, 0.05) is 29.9 Å². The molecule has 2 aromatic carbocycles. The summed E-state index contributed by atoms with van der Waals surface area (Å²) in [6.07, 6.45) is 2.95. The van der Waals surface area contributed by atoms with Gasteiger partial charge in [-0.1, -0.05) is 44.2 Å². The summed E-state index contributed by atoms with van der Waals surface area (Å²) in [4.78, 5) is 14.4. The van der Waals surface area contributed by atoms with Crippen molar-refractivity contribution in [1.29, 1.82) is 0 Å². The molecule has 188 valence electrons. The van der Waals surface area contributed by atoms with E-state index in [1.807, 2.05) is 12.1 Å². The van der Waals surface area contributed by atoms with E-state index in [-0.39, 0.29) is 22.6 Å². The van der Waals surface area contributed by atoms with E-state index in [0.29, 0.717) is 23.2 Å². The number of methoxy groups -OCH3 is 1. The highest BCUT2D eigenvalue weighted by molar-refractivity contribution is 7.89. The fourth-order valence-electron chi connectivity index (χ4n) is 4.07. The zero-order valence-electron chi connectivity index (χ0n) is 20.3. The third-order valence-electron chi connectivity index (χ3n) is 5.90.